The number of sulfonamides is 1. The minimum absolute atomic E-state index is 0.0154. The highest BCUT2D eigenvalue weighted by Crippen LogP contribution is 2.28. The topological polar surface area (TPSA) is 106 Å². The molecule has 9 nitrogen and oxygen atoms in total. The SMILES string of the molecule is COc1ccc(S(=O)(=O)N2CCCCC2CCn2cc(C(=O)NC(C)C)nn2)cc1. The van der Waals surface area contributed by atoms with Gasteiger partial charge in [-0.1, -0.05) is 11.6 Å². The molecule has 1 saturated heterocycles. The second-order valence-corrected chi connectivity index (χ2v) is 9.62. The van der Waals surface area contributed by atoms with Gasteiger partial charge in [-0.15, -0.1) is 5.10 Å². The quantitative estimate of drug-likeness (QED) is 0.680. The fraction of sp³-hybridized carbons (Fsp3) is 0.550. The Morgan fingerprint density at radius 1 is 1.27 bits per heavy atom. The first-order valence-corrected chi connectivity index (χ1v) is 11.6. The molecule has 30 heavy (non-hydrogen) atoms. The van der Waals surface area contributed by atoms with Gasteiger partial charge in [0.15, 0.2) is 5.69 Å². The zero-order valence-corrected chi connectivity index (χ0v) is 18.4. The molecule has 1 unspecified atom stereocenters. The molecule has 2 aromatic rings. The summed E-state index contributed by atoms with van der Waals surface area (Å²) < 4.78 is 34.7. The number of aryl methyl sites for hydroxylation is 1. The van der Waals surface area contributed by atoms with Gasteiger partial charge in [-0.25, -0.2) is 8.42 Å². The number of methoxy groups -OCH3 is 1. The van der Waals surface area contributed by atoms with Crippen LogP contribution < -0.4 is 10.1 Å². The number of benzene rings is 1. The first-order valence-electron chi connectivity index (χ1n) is 10.2. The maximum absolute atomic E-state index is 13.2. The second-order valence-electron chi connectivity index (χ2n) is 7.72. The molecule has 1 N–H and O–H groups in total. The summed E-state index contributed by atoms with van der Waals surface area (Å²) in [6, 6.07) is 6.37. The van der Waals surface area contributed by atoms with Crippen LogP contribution in [0.15, 0.2) is 35.4 Å². The number of carbonyl (C=O) groups excluding carboxylic acids is 1. The van der Waals surface area contributed by atoms with Crippen LogP contribution in [0.25, 0.3) is 0 Å². The van der Waals surface area contributed by atoms with Crippen LogP contribution in [0.2, 0.25) is 0 Å². The van der Waals surface area contributed by atoms with Crippen molar-refractivity contribution in [3.8, 4) is 5.75 Å². The van der Waals surface area contributed by atoms with E-state index in [1.165, 1.54) is 0 Å². The molecule has 0 aliphatic carbocycles. The van der Waals surface area contributed by atoms with Gasteiger partial charge in [-0.3, -0.25) is 9.48 Å². The van der Waals surface area contributed by atoms with E-state index in [4.69, 9.17) is 4.74 Å². The molecule has 0 spiro atoms. The van der Waals surface area contributed by atoms with Crippen LogP contribution in [0.1, 0.15) is 50.0 Å². The summed E-state index contributed by atoms with van der Waals surface area (Å²) in [7, 11) is -2.05. The Morgan fingerprint density at radius 3 is 2.67 bits per heavy atom. The van der Waals surface area contributed by atoms with Crippen LogP contribution in [0, 0.1) is 0 Å². The molecule has 0 bridgehead atoms. The lowest BCUT2D eigenvalue weighted by Gasteiger charge is -2.34. The van der Waals surface area contributed by atoms with Gasteiger partial charge < -0.3 is 10.1 Å². The predicted molar refractivity (Wildman–Crippen MR) is 112 cm³/mol. The highest BCUT2D eigenvalue weighted by molar-refractivity contribution is 7.89. The van der Waals surface area contributed by atoms with E-state index >= 15 is 0 Å². The van der Waals surface area contributed by atoms with E-state index in [1.807, 2.05) is 13.8 Å². The molecule has 3 rings (SSSR count). The minimum Gasteiger partial charge on any atom is -0.497 e. The number of hydrogen-bond donors (Lipinski definition) is 1. The molecular formula is C20H29N5O4S. The number of carbonyl (C=O) groups is 1. The van der Waals surface area contributed by atoms with Gasteiger partial charge in [0.1, 0.15) is 5.75 Å². The van der Waals surface area contributed by atoms with Crippen LogP contribution in [0.5, 0.6) is 5.75 Å². The van der Waals surface area contributed by atoms with Gasteiger partial charge in [0.05, 0.1) is 18.2 Å². The van der Waals surface area contributed by atoms with Gasteiger partial charge in [-0.05, 0) is 57.4 Å². The average Bonchev–Trinajstić information content (AvgIpc) is 3.21. The molecule has 0 radical (unpaired) electrons. The van der Waals surface area contributed by atoms with Crippen molar-refractivity contribution in [1.82, 2.24) is 24.6 Å². The lowest BCUT2D eigenvalue weighted by Crippen LogP contribution is -2.44. The average molecular weight is 436 g/mol. The molecule has 10 heteroatoms. The highest BCUT2D eigenvalue weighted by atomic mass is 32.2. The third kappa shape index (κ3) is 5.17. The van der Waals surface area contributed by atoms with E-state index in [0.29, 0.717) is 25.3 Å². The number of nitrogens with zero attached hydrogens (tertiary/aromatic N) is 4. The largest absolute Gasteiger partial charge is 0.497 e. The van der Waals surface area contributed by atoms with Gasteiger partial charge in [0.25, 0.3) is 5.91 Å². The summed E-state index contributed by atoms with van der Waals surface area (Å²) in [5, 5.41) is 10.7. The van der Waals surface area contributed by atoms with Gasteiger partial charge in [0.2, 0.25) is 10.0 Å². The van der Waals surface area contributed by atoms with Crippen LogP contribution in [-0.4, -0.2) is 59.4 Å². The normalized spacial score (nSPS) is 17.8. The van der Waals surface area contributed by atoms with Crippen molar-refractivity contribution >= 4 is 15.9 Å². The number of nitrogens with one attached hydrogen (secondary N) is 1. The fourth-order valence-electron chi connectivity index (χ4n) is 3.59. The van der Waals surface area contributed by atoms with Crippen molar-refractivity contribution in [3.05, 3.63) is 36.2 Å². The van der Waals surface area contributed by atoms with Crippen molar-refractivity contribution in [2.24, 2.45) is 0 Å². The molecule has 0 saturated carbocycles. The van der Waals surface area contributed by atoms with Crippen molar-refractivity contribution in [1.29, 1.82) is 0 Å². The van der Waals surface area contributed by atoms with Crippen LogP contribution in [0.3, 0.4) is 0 Å². The lowest BCUT2D eigenvalue weighted by molar-refractivity contribution is 0.0938. The summed E-state index contributed by atoms with van der Waals surface area (Å²) in [6.07, 6.45) is 4.82. The van der Waals surface area contributed by atoms with E-state index in [-0.39, 0.29) is 28.6 Å². The standard InChI is InChI=1S/C20H29N5O4S/c1-15(2)21-20(26)19-14-24(23-22-19)13-11-16-6-4-5-12-25(16)30(27,28)18-9-7-17(29-3)8-10-18/h7-10,14-16H,4-6,11-13H2,1-3H3,(H,21,26). The van der Waals surface area contributed by atoms with Crippen molar-refractivity contribution < 1.29 is 17.9 Å². The molecule has 164 valence electrons. The molecule has 1 aromatic carbocycles. The van der Waals surface area contributed by atoms with Crippen molar-refractivity contribution in [2.45, 2.75) is 63.1 Å². The maximum atomic E-state index is 13.2. The molecule has 1 fully saturated rings. The number of aromatic nitrogens is 3. The zero-order valence-electron chi connectivity index (χ0n) is 17.6. The Bertz CT molecular complexity index is 956. The summed E-state index contributed by atoms with van der Waals surface area (Å²) in [5.74, 6) is 0.352. The first kappa shape index (κ1) is 22.2. The zero-order chi connectivity index (χ0) is 21.7. The Morgan fingerprint density at radius 2 is 2.00 bits per heavy atom. The Balaban J connectivity index is 1.68. The Labute approximate surface area is 177 Å². The second kappa shape index (κ2) is 9.57. The molecular weight excluding hydrogens is 406 g/mol. The number of hydrogen-bond acceptors (Lipinski definition) is 6. The van der Waals surface area contributed by atoms with Gasteiger partial charge in [-0.2, -0.15) is 4.31 Å². The van der Waals surface area contributed by atoms with E-state index < -0.39 is 10.0 Å². The van der Waals surface area contributed by atoms with Crippen molar-refractivity contribution in [3.63, 3.8) is 0 Å². The summed E-state index contributed by atoms with van der Waals surface area (Å²) >= 11 is 0. The van der Waals surface area contributed by atoms with Crippen LogP contribution in [0.4, 0.5) is 0 Å². The number of ether oxygens (including phenoxy) is 1. The summed E-state index contributed by atoms with van der Waals surface area (Å²) in [6.45, 7) is 4.74. The van der Waals surface area contributed by atoms with Crippen molar-refractivity contribution in [2.75, 3.05) is 13.7 Å². The maximum Gasteiger partial charge on any atom is 0.273 e. The third-order valence-electron chi connectivity index (χ3n) is 5.12. The smallest absolute Gasteiger partial charge is 0.273 e. The molecule has 1 aliphatic rings. The van der Waals surface area contributed by atoms with E-state index in [0.717, 1.165) is 19.3 Å². The molecule has 1 aromatic heterocycles. The minimum atomic E-state index is -3.59. The molecule has 1 aliphatic heterocycles. The molecule has 1 amide bonds. The lowest BCUT2D eigenvalue weighted by atomic mass is 10.0. The highest BCUT2D eigenvalue weighted by Gasteiger charge is 2.33. The molecule has 1 atom stereocenters. The number of rotatable bonds is 8. The van der Waals surface area contributed by atoms with Gasteiger partial charge >= 0.3 is 0 Å². The third-order valence-corrected chi connectivity index (χ3v) is 7.09. The predicted octanol–water partition coefficient (Wildman–Crippen LogP) is 2.06. The van der Waals surface area contributed by atoms with E-state index in [2.05, 4.69) is 15.6 Å². The number of amides is 1. The molecule has 2 heterocycles. The van der Waals surface area contributed by atoms with Gasteiger partial charge in [0, 0.05) is 25.2 Å². The monoisotopic (exact) mass is 435 g/mol. The summed E-state index contributed by atoms with van der Waals surface area (Å²) in [4.78, 5) is 12.3. The summed E-state index contributed by atoms with van der Waals surface area (Å²) in [5.41, 5.74) is 0.259. The Hall–Kier alpha value is -2.46. The fourth-order valence-corrected chi connectivity index (χ4v) is 5.31. The van der Waals surface area contributed by atoms with Crippen LogP contribution >= 0.6 is 0 Å². The van der Waals surface area contributed by atoms with E-state index in [1.54, 1.807) is 46.6 Å². The number of piperidine rings is 1. The first-order chi connectivity index (χ1) is 14.3. The van der Waals surface area contributed by atoms with Crippen LogP contribution in [-0.2, 0) is 16.6 Å². The Kier molecular flexibility index (Phi) is 7.09. The van der Waals surface area contributed by atoms with E-state index in [9.17, 15) is 13.2 Å².